The van der Waals surface area contributed by atoms with Crippen LogP contribution < -0.4 is 11.1 Å². The van der Waals surface area contributed by atoms with Crippen molar-refractivity contribution in [2.24, 2.45) is 29.6 Å². The fourth-order valence-electron chi connectivity index (χ4n) is 5.32. The van der Waals surface area contributed by atoms with Crippen LogP contribution in [0, 0.1) is 29.6 Å². The maximum atomic E-state index is 5.68. The Bertz CT molecular complexity index is 459. The predicted octanol–water partition coefficient (Wildman–Crippen LogP) is 2.93. The molecule has 1 heterocycles. The van der Waals surface area contributed by atoms with Crippen molar-refractivity contribution in [1.29, 1.82) is 0 Å². The van der Waals surface area contributed by atoms with Gasteiger partial charge in [0.1, 0.15) is 5.82 Å². The monoisotopic (exact) mass is 272 g/mol. The summed E-state index contributed by atoms with van der Waals surface area (Å²) in [4.78, 5) is 8.41. The molecule has 4 saturated carbocycles. The van der Waals surface area contributed by atoms with Crippen molar-refractivity contribution < 1.29 is 0 Å². The second-order valence-corrected chi connectivity index (χ2v) is 7.12. The molecule has 20 heavy (non-hydrogen) atoms. The van der Waals surface area contributed by atoms with Crippen LogP contribution in [0.1, 0.15) is 38.5 Å². The van der Waals surface area contributed by atoms with Crippen LogP contribution in [-0.4, -0.2) is 16.5 Å². The van der Waals surface area contributed by atoms with E-state index in [4.69, 9.17) is 5.73 Å². The van der Waals surface area contributed by atoms with E-state index in [0.29, 0.717) is 11.8 Å². The number of aromatic nitrogens is 2. The van der Waals surface area contributed by atoms with Gasteiger partial charge in [0, 0.05) is 12.7 Å². The third-order valence-corrected chi connectivity index (χ3v) is 5.86. The van der Waals surface area contributed by atoms with Crippen LogP contribution in [0.3, 0.4) is 0 Å². The number of anilines is 2. The molecule has 5 rings (SSSR count). The van der Waals surface area contributed by atoms with Crippen LogP contribution in [0.25, 0.3) is 0 Å². The molecule has 3 N–H and O–H groups in total. The normalized spacial score (nSPS) is 38.1. The summed E-state index contributed by atoms with van der Waals surface area (Å²) in [6.07, 6.45) is 10.5. The molecule has 4 aliphatic rings. The number of nitrogen functional groups attached to an aromatic ring is 1. The van der Waals surface area contributed by atoms with E-state index in [9.17, 15) is 0 Å². The lowest BCUT2D eigenvalue weighted by Gasteiger charge is -2.54. The van der Waals surface area contributed by atoms with Gasteiger partial charge in [-0.2, -0.15) is 4.98 Å². The maximum Gasteiger partial charge on any atom is 0.224 e. The average molecular weight is 272 g/mol. The molecule has 0 aliphatic heterocycles. The first kappa shape index (κ1) is 12.4. The zero-order valence-electron chi connectivity index (χ0n) is 12.0. The number of rotatable bonds is 4. The Morgan fingerprint density at radius 2 is 1.80 bits per heavy atom. The van der Waals surface area contributed by atoms with Crippen molar-refractivity contribution in [2.75, 3.05) is 17.6 Å². The molecule has 4 nitrogen and oxygen atoms in total. The minimum Gasteiger partial charge on any atom is -0.384 e. The standard InChI is InChI=1S/C16H24N4/c17-15-2-4-19-16(20-15)18-3-1-14-12-6-10-5-11(8-12)9-13(14)7-10/h2,4,10-14H,1,3,5-9H2,(H3,17,18,19,20). The van der Waals surface area contributed by atoms with Crippen molar-refractivity contribution in [3.63, 3.8) is 0 Å². The minimum absolute atomic E-state index is 0.539. The summed E-state index contributed by atoms with van der Waals surface area (Å²) in [5.41, 5.74) is 5.68. The van der Waals surface area contributed by atoms with Crippen molar-refractivity contribution in [2.45, 2.75) is 38.5 Å². The third kappa shape index (κ3) is 2.25. The lowest BCUT2D eigenvalue weighted by Crippen LogP contribution is -2.45. The van der Waals surface area contributed by atoms with Gasteiger partial charge in [-0.05, 0) is 74.2 Å². The first-order chi connectivity index (χ1) is 9.78. The molecule has 0 radical (unpaired) electrons. The Labute approximate surface area is 120 Å². The van der Waals surface area contributed by atoms with Gasteiger partial charge in [-0.3, -0.25) is 0 Å². The largest absolute Gasteiger partial charge is 0.384 e. The molecule has 0 aromatic carbocycles. The molecule has 1 aromatic rings. The summed E-state index contributed by atoms with van der Waals surface area (Å²) in [7, 11) is 0. The van der Waals surface area contributed by atoms with Crippen molar-refractivity contribution in [3.05, 3.63) is 12.3 Å². The molecule has 108 valence electrons. The van der Waals surface area contributed by atoms with Crippen LogP contribution in [0.15, 0.2) is 12.3 Å². The first-order valence-electron chi connectivity index (χ1n) is 8.10. The van der Waals surface area contributed by atoms with Crippen LogP contribution in [0.5, 0.6) is 0 Å². The van der Waals surface area contributed by atoms with E-state index in [-0.39, 0.29) is 0 Å². The molecule has 4 aliphatic carbocycles. The molecular formula is C16H24N4. The summed E-state index contributed by atoms with van der Waals surface area (Å²) < 4.78 is 0. The third-order valence-electron chi connectivity index (χ3n) is 5.86. The zero-order valence-corrected chi connectivity index (χ0v) is 12.0. The average Bonchev–Trinajstić information content (AvgIpc) is 2.41. The topological polar surface area (TPSA) is 63.8 Å². The van der Waals surface area contributed by atoms with Crippen molar-refractivity contribution in [3.8, 4) is 0 Å². The zero-order chi connectivity index (χ0) is 13.5. The Kier molecular flexibility index (Phi) is 3.04. The fourth-order valence-corrected chi connectivity index (χ4v) is 5.32. The van der Waals surface area contributed by atoms with Gasteiger partial charge in [0.2, 0.25) is 5.95 Å². The molecule has 4 fully saturated rings. The van der Waals surface area contributed by atoms with E-state index in [1.165, 1.54) is 38.5 Å². The van der Waals surface area contributed by atoms with Gasteiger partial charge in [-0.1, -0.05) is 0 Å². The summed E-state index contributed by atoms with van der Waals surface area (Å²) >= 11 is 0. The summed E-state index contributed by atoms with van der Waals surface area (Å²) in [5.74, 6) is 6.31. The number of hydrogen-bond acceptors (Lipinski definition) is 4. The van der Waals surface area contributed by atoms with Gasteiger partial charge in [0.25, 0.3) is 0 Å². The number of nitrogens with zero attached hydrogens (tertiary/aromatic N) is 2. The van der Waals surface area contributed by atoms with Gasteiger partial charge in [-0.15, -0.1) is 0 Å². The van der Waals surface area contributed by atoms with Crippen LogP contribution in [0.4, 0.5) is 11.8 Å². The SMILES string of the molecule is Nc1ccnc(NCCC2C3CC4CC(C3)CC2C4)n1. The summed E-state index contributed by atoms with van der Waals surface area (Å²) in [6, 6.07) is 1.73. The van der Waals surface area contributed by atoms with E-state index in [1.807, 2.05) is 0 Å². The van der Waals surface area contributed by atoms with E-state index in [1.54, 1.807) is 12.3 Å². The Morgan fingerprint density at radius 3 is 2.45 bits per heavy atom. The molecule has 0 unspecified atom stereocenters. The van der Waals surface area contributed by atoms with E-state index < -0.39 is 0 Å². The van der Waals surface area contributed by atoms with Gasteiger partial charge in [-0.25, -0.2) is 4.98 Å². The molecule has 0 spiro atoms. The molecule has 0 atom stereocenters. The molecule has 4 heteroatoms. The Hall–Kier alpha value is -1.32. The van der Waals surface area contributed by atoms with E-state index in [2.05, 4.69) is 15.3 Å². The Morgan fingerprint density at radius 1 is 1.10 bits per heavy atom. The van der Waals surface area contributed by atoms with Crippen LogP contribution >= 0.6 is 0 Å². The first-order valence-corrected chi connectivity index (χ1v) is 8.10. The molecule has 0 amide bonds. The van der Waals surface area contributed by atoms with Gasteiger partial charge in [0.05, 0.1) is 0 Å². The highest BCUT2D eigenvalue weighted by Gasteiger charge is 2.47. The number of nitrogens with one attached hydrogen (secondary N) is 1. The molecular weight excluding hydrogens is 248 g/mol. The van der Waals surface area contributed by atoms with E-state index in [0.717, 1.165) is 36.1 Å². The highest BCUT2D eigenvalue weighted by atomic mass is 15.1. The number of hydrogen-bond donors (Lipinski definition) is 2. The van der Waals surface area contributed by atoms with Crippen LogP contribution in [0.2, 0.25) is 0 Å². The molecule has 4 bridgehead atoms. The van der Waals surface area contributed by atoms with Gasteiger partial charge < -0.3 is 11.1 Å². The van der Waals surface area contributed by atoms with Crippen molar-refractivity contribution in [1.82, 2.24) is 9.97 Å². The van der Waals surface area contributed by atoms with Crippen molar-refractivity contribution >= 4 is 11.8 Å². The Balaban J connectivity index is 1.34. The summed E-state index contributed by atoms with van der Waals surface area (Å²) in [6.45, 7) is 0.983. The minimum atomic E-state index is 0.539. The summed E-state index contributed by atoms with van der Waals surface area (Å²) in [5, 5.41) is 3.34. The maximum absolute atomic E-state index is 5.68. The molecule has 0 saturated heterocycles. The lowest BCUT2D eigenvalue weighted by atomic mass is 9.51. The highest BCUT2D eigenvalue weighted by molar-refractivity contribution is 5.34. The van der Waals surface area contributed by atoms with Gasteiger partial charge in [0.15, 0.2) is 0 Å². The lowest BCUT2D eigenvalue weighted by molar-refractivity contribution is -0.0381. The number of nitrogens with two attached hydrogens (primary N) is 1. The highest BCUT2D eigenvalue weighted by Crippen LogP contribution is 2.57. The predicted molar refractivity (Wildman–Crippen MR) is 80.1 cm³/mol. The van der Waals surface area contributed by atoms with Crippen LogP contribution in [-0.2, 0) is 0 Å². The smallest absolute Gasteiger partial charge is 0.224 e. The molecule has 1 aromatic heterocycles. The quantitative estimate of drug-likeness (QED) is 0.884. The van der Waals surface area contributed by atoms with Gasteiger partial charge >= 0.3 is 0 Å². The van der Waals surface area contributed by atoms with E-state index >= 15 is 0 Å². The second-order valence-electron chi connectivity index (χ2n) is 7.12. The second kappa shape index (κ2) is 4.90. The fraction of sp³-hybridized carbons (Fsp3) is 0.750.